The third-order valence-electron chi connectivity index (χ3n) is 2.63. The molecule has 5 nitrogen and oxygen atoms in total. The van der Waals surface area contributed by atoms with Crippen LogP contribution in [0.3, 0.4) is 0 Å². The van der Waals surface area contributed by atoms with Gasteiger partial charge in [-0.25, -0.2) is 4.31 Å². The number of hydrogen-bond donors (Lipinski definition) is 0. The van der Waals surface area contributed by atoms with Crippen molar-refractivity contribution in [3.8, 4) is 6.07 Å². The fourth-order valence-electron chi connectivity index (χ4n) is 1.79. The first kappa shape index (κ1) is 11.9. The highest BCUT2D eigenvalue weighted by Gasteiger charge is 2.27. The Hall–Kier alpha value is -1.58. The van der Waals surface area contributed by atoms with Crippen molar-refractivity contribution in [2.45, 2.75) is 23.8 Å². The van der Waals surface area contributed by atoms with Gasteiger partial charge in [0, 0.05) is 12.6 Å². The first-order valence-corrected chi connectivity index (χ1v) is 6.07. The van der Waals surface area contributed by atoms with Gasteiger partial charge in [0.15, 0.2) is 0 Å². The minimum Gasteiger partial charge on any atom is -0.258 e. The summed E-state index contributed by atoms with van der Waals surface area (Å²) >= 11 is 1.31. The first-order valence-electron chi connectivity index (χ1n) is 5.30. The van der Waals surface area contributed by atoms with E-state index in [2.05, 4.69) is 6.07 Å². The molecule has 0 radical (unpaired) electrons. The Morgan fingerprint density at radius 3 is 3.00 bits per heavy atom. The highest BCUT2D eigenvalue weighted by atomic mass is 32.2. The molecule has 2 rings (SSSR count). The predicted octanol–water partition coefficient (Wildman–Crippen LogP) is 2.59. The van der Waals surface area contributed by atoms with Crippen LogP contribution in [-0.2, 0) is 0 Å². The molecule has 0 saturated carbocycles. The molecule has 6 heteroatoms. The van der Waals surface area contributed by atoms with Crippen LogP contribution in [0, 0.1) is 21.4 Å². The summed E-state index contributed by atoms with van der Waals surface area (Å²) in [7, 11) is 0. The third kappa shape index (κ3) is 2.57. The van der Waals surface area contributed by atoms with Crippen molar-refractivity contribution in [3.05, 3.63) is 34.4 Å². The molecule has 1 heterocycles. The van der Waals surface area contributed by atoms with Crippen molar-refractivity contribution in [2.24, 2.45) is 0 Å². The molecule has 0 unspecified atom stereocenters. The maximum atomic E-state index is 10.9. The fourth-order valence-corrected chi connectivity index (χ4v) is 2.92. The second kappa shape index (κ2) is 5.17. The molecule has 1 fully saturated rings. The van der Waals surface area contributed by atoms with Crippen molar-refractivity contribution >= 4 is 17.6 Å². The lowest BCUT2D eigenvalue weighted by atomic mass is 10.2. The summed E-state index contributed by atoms with van der Waals surface area (Å²) in [6.45, 7) is 0.801. The van der Waals surface area contributed by atoms with E-state index in [4.69, 9.17) is 5.26 Å². The normalized spacial score (nSPS) is 20.1. The van der Waals surface area contributed by atoms with Gasteiger partial charge in [0.05, 0.1) is 11.0 Å². The molecule has 1 aromatic rings. The van der Waals surface area contributed by atoms with Gasteiger partial charge in [-0.05, 0) is 30.9 Å². The zero-order valence-corrected chi connectivity index (χ0v) is 9.89. The highest BCUT2D eigenvalue weighted by Crippen LogP contribution is 2.35. The molecule has 1 aliphatic rings. The van der Waals surface area contributed by atoms with E-state index in [9.17, 15) is 10.1 Å². The molecule has 0 N–H and O–H groups in total. The molecule has 0 amide bonds. The molecule has 88 valence electrons. The molecule has 1 aliphatic heterocycles. The predicted molar refractivity (Wildman–Crippen MR) is 64.3 cm³/mol. The second-order valence-electron chi connectivity index (χ2n) is 3.74. The first-order chi connectivity index (χ1) is 8.22. The minimum atomic E-state index is -0.389. The van der Waals surface area contributed by atoms with E-state index in [0.29, 0.717) is 4.90 Å². The van der Waals surface area contributed by atoms with Crippen LogP contribution in [-0.4, -0.2) is 21.8 Å². The van der Waals surface area contributed by atoms with Crippen molar-refractivity contribution in [3.63, 3.8) is 0 Å². The molecule has 0 aliphatic carbocycles. The van der Waals surface area contributed by atoms with Crippen LogP contribution >= 0.6 is 11.9 Å². The average molecular weight is 249 g/mol. The van der Waals surface area contributed by atoms with Gasteiger partial charge in [0.1, 0.15) is 10.9 Å². The molecular weight excluding hydrogens is 238 g/mol. The molecule has 17 heavy (non-hydrogen) atoms. The summed E-state index contributed by atoms with van der Waals surface area (Å²) in [5.41, 5.74) is 0.0982. The van der Waals surface area contributed by atoms with E-state index in [1.807, 2.05) is 4.31 Å². The number of rotatable bonds is 3. The summed E-state index contributed by atoms with van der Waals surface area (Å²) in [6, 6.07) is 8.70. The summed E-state index contributed by atoms with van der Waals surface area (Å²) in [6.07, 6.45) is 1.80. The fraction of sp³-hybridized carbons (Fsp3) is 0.364. The van der Waals surface area contributed by atoms with E-state index in [1.54, 1.807) is 18.2 Å². The van der Waals surface area contributed by atoms with E-state index in [1.165, 1.54) is 18.0 Å². The van der Waals surface area contributed by atoms with Crippen molar-refractivity contribution < 1.29 is 4.92 Å². The van der Waals surface area contributed by atoms with Gasteiger partial charge >= 0.3 is 0 Å². The van der Waals surface area contributed by atoms with Crippen LogP contribution < -0.4 is 0 Å². The number of para-hydroxylation sites is 1. The Kier molecular flexibility index (Phi) is 3.61. The van der Waals surface area contributed by atoms with Crippen LogP contribution in [0.15, 0.2) is 29.2 Å². The SMILES string of the molecule is N#C[C@@H]1CCCN1Sc1ccccc1[N+](=O)[O-]. The molecule has 0 aromatic heterocycles. The topological polar surface area (TPSA) is 70.2 Å². The zero-order chi connectivity index (χ0) is 12.3. The van der Waals surface area contributed by atoms with Gasteiger partial charge in [-0.3, -0.25) is 10.1 Å². The third-order valence-corrected chi connectivity index (χ3v) is 3.84. The van der Waals surface area contributed by atoms with E-state index in [0.717, 1.165) is 19.4 Å². The highest BCUT2D eigenvalue weighted by molar-refractivity contribution is 7.97. The Labute approximate surface area is 103 Å². The lowest BCUT2D eigenvalue weighted by molar-refractivity contribution is -0.387. The van der Waals surface area contributed by atoms with E-state index >= 15 is 0 Å². The maximum absolute atomic E-state index is 10.9. The van der Waals surface area contributed by atoms with Gasteiger partial charge in [0.2, 0.25) is 0 Å². The van der Waals surface area contributed by atoms with Gasteiger partial charge in [-0.2, -0.15) is 5.26 Å². The van der Waals surface area contributed by atoms with Crippen LogP contribution in [0.2, 0.25) is 0 Å². The minimum absolute atomic E-state index is 0.0982. The Balaban J connectivity index is 2.19. The number of nitro groups is 1. The Bertz CT molecular complexity index is 472. The number of nitro benzene ring substituents is 1. The summed E-state index contributed by atoms with van der Waals surface area (Å²) < 4.78 is 1.92. The van der Waals surface area contributed by atoms with Crippen molar-refractivity contribution in [1.82, 2.24) is 4.31 Å². The number of nitriles is 1. The summed E-state index contributed by atoms with van der Waals surface area (Å²) in [5.74, 6) is 0. The molecule has 1 atom stereocenters. The lowest BCUT2D eigenvalue weighted by Crippen LogP contribution is -2.20. The van der Waals surface area contributed by atoms with Crippen LogP contribution in [0.1, 0.15) is 12.8 Å². The van der Waals surface area contributed by atoms with Gasteiger partial charge in [-0.15, -0.1) is 0 Å². The molecule has 0 spiro atoms. The lowest BCUT2D eigenvalue weighted by Gasteiger charge is -2.17. The van der Waals surface area contributed by atoms with E-state index in [-0.39, 0.29) is 16.7 Å². The van der Waals surface area contributed by atoms with E-state index < -0.39 is 0 Å². The van der Waals surface area contributed by atoms with Crippen LogP contribution in [0.5, 0.6) is 0 Å². The standard InChI is InChI=1S/C11H11N3O2S/c12-8-9-4-3-7-13(9)17-11-6-2-1-5-10(11)14(15)16/h1-2,5-6,9H,3-4,7H2/t9-/m0/s1. The largest absolute Gasteiger partial charge is 0.284 e. The van der Waals surface area contributed by atoms with Crippen molar-refractivity contribution in [2.75, 3.05) is 6.54 Å². The molecule has 1 aromatic carbocycles. The molecule has 1 saturated heterocycles. The molecule has 0 bridgehead atoms. The van der Waals surface area contributed by atoms with Gasteiger partial charge in [-0.1, -0.05) is 12.1 Å². The number of hydrogen-bond acceptors (Lipinski definition) is 5. The maximum Gasteiger partial charge on any atom is 0.284 e. The summed E-state index contributed by atoms with van der Waals surface area (Å²) in [5, 5.41) is 19.8. The van der Waals surface area contributed by atoms with Crippen LogP contribution in [0.4, 0.5) is 5.69 Å². The smallest absolute Gasteiger partial charge is 0.258 e. The Morgan fingerprint density at radius 1 is 1.53 bits per heavy atom. The number of nitrogens with zero attached hydrogens (tertiary/aromatic N) is 3. The van der Waals surface area contributed by atoms with Gasteiger partial charge < -0.3 is 0 Å². The zero-order valence-electron chi connectivity index (χ0n) is 9.07. The Morgan fingerprint density at radius 2 is 2.29 bits per heavy atom. The van der Waals surface area contributed by atoms with Crippen LogP contribution in [0.25, 0.3) is 0 Å². The monoisotopic (exact) mass is 249 g/mol. The quantitative estimate of drug-likeness (QED) is 0.468. The summed E-state index contributed by atoms with van der Waals surface area (Å²) in [4.78, 5) is 11.1. The number of benzene rings is 1. The van der Waals surface area contributed by atoms with Gasteiger partial charge in [0.25, 0.3) is 5.69 Å². The second-order valence-corrected chi connectivity index (χ2v) is 4.84. The average Bonchev–Trinajstić information content (AvgIpc) is 2.77. The molecular formula is C11H11N3O2S. The van der Waals surface area contributed by atoms with Crippen molar-refractivity contribution in [1.29, 1.82) is 5.26 Å².